The van der Waals surface area contributed by atoms with Gasteiger partial charge in [-0.05, 0) is 63.4 Å². The van der Waals surface area contributed by atoms with E-state index in [2.05, 4.69) is 16.7 Å². The number of amides is 3. The zero-order valence-electron chi connectivity index (χ0n) is 22.6. The molecule has 8 nitrogen and oxygen atoms in total. The van der Waals surface area contributed by atoms with E-state index in [0.717, 1.165) is 10.5 Å². The van der Waals surface area contributed by atoms with E-state index < -0.39 is 35.6 Å². The highest BCUT2D eigenvalue weighted by Crippen LogP contribution is 2.26. The monoisotopic (exact) mass is 507 g/mol. The van der Waals surface area contributed by atoms with Crippen LogP contribution < -0.4 is 15.4 Å². The molecule has 2 rings (SSSR count). The Morgan fingerprint density at radius 3 is 2.27 bits per heavy atom. The van der Waals surface area contributed by atoms with Crippen LogP contribution in [0.25, 0.3) is 0 Å². The molecule has 37 heavy (non-hydrogen) atoms. The number of aryl methyl sites for hydroxylation is 1. The summed E-state index contributed by atoms with van der Waals surface area (Å²) in [4.78, 5) is 41.1. The van der Waals surface area contributed by atoms with Crippen LogP contribution in [0.1, 0.15) is 58.2 Å². The lowest BCUT2D eigenvalue weighted by Gasteiger charge is -2.32. The number of terminal acetylenes is 1. The number of ether oxygens (including phenoxy) is 2. The van der Waals surface area contributed by atoms with Gasteiger partial charge >= 0.3 is 6.09 Å². The number of carbonyl (C=O) groups excluding carboxylic acids is 3. The number of anilines is 1. The average Bonchev–Trinajstić information content (AvgIpc) is 2.84. The maximum Gasteiger partial charge on any atom is 0.408 e. The van der Waals surface area contributed by atoms with E-state index in [1.54, 1.807) is 70.3 Å². The Morgan fingerprint density at radius 1 is 1.11 bits per heavy atom. The van der Waals surface area contributed by atoms with Crippen LogP contribution in [0.15, 0.2) is 48.5 Å². The molecule has 0 aliphatic rings. The third kappa shape index (κ3) is 8.28. The highest BCUT2D eigenvalue weighted by atomic mass is 16.6. The van der Waals surface area contributed by atoms with Gasteiger partial charge in [0.2, 0.25) is 0 Å². The van der Waals surface area contributed by atoms with E-state index in [0.29, 0.717) is 23.4 Å². The number of hydrogen-bond acceptors (Lipinski definition) is 5. The first-order valence-electron chi connectivity index (χ1n) is 12.2. The van der Waals surface area contributed by atoms with Gasteiger partial charge in [0.25, 0.3) is 11.8 Å². The van der Waals surface area contributed by atoms with Crippen LogP contribution in [0.3, 0.4) is 0 Å². The van der Waals surface area contributed by atoms with Crippen LogP contribution in [-0.2, 0) is 14.3 Å². The number of methoxy groups -OCH3 is 1. The van der Waals surface area contributed by atoms with Crippen LogP contribution in [0.4, 0.5) is 10.5 Å². The second-order valence-electron chi connectivity index (χ2n) is 9.88. The first-order valence-corrected chi connectivity index (χ1v) is 12.2. The highest BCUT2D eigenvalue weighted by Gasteiger charge is 2.38. The maximum absolute atomic E-state index is 13.8. The molecule has 0 aromatic heterocycles. The summed E-state index contributed by atoms with van der Waals surface area (Å²) in [6.07, 6.45) is 5.69. The number of benzene rings is 2. The predicted molar refractivity (Wildman–Crippen MR) is 144 cm³/mol. The largest absolute Gasteiger partial charge is 0.497 e. The Kier molecular flexibility index (Phi) is 10.1. The van der Waals surface area contributed by atoms with Gasteiger partial charge in [-0.15, -0.1) is 0 Å². The van der Waals surface area contributed by atoms with Crippen molar-refractivity contribution in [3.8, 4) is 18.2 Å². The van der Waals surface area contributed by atoms with E-state index >= 15 is 0 Å². The van der Waals surface area contributed by atoms with Gasteiger partial charge in [0.05, 0.1) is 7.11 Å². The molecule has 0 aliphatic carbocycles. The number of carbonyl (C=O) groups is 3. The predicted octanol–water partition coefficient (Wildman–Crippen LogP) is 5.04. The van der Waals surface area contributed by atoms with Crippen molar-refractivity contribution in [2.45, 2.75) is 65.6 Å². The van der Waals surface area contributed by atoms with E-state index in [-0.39, 0.29) is 5.92 Å². The topological polar surface area (TPSA) is 97.0 Å². The smallest absolute Gasteiger partial charge is 0.408 e. The summed E-state index contributed by atoms with van der Waals surface area (Å²) >= 11 is 0. The fourth-order valence-corrected chi connectivity index (χ4v) is 3.68. The van der Waals surface area contributed by atoms with Gasteiger partial charge in [0, 0.05) is 11.7 Å². The number of rotatable bonds is 9. The van der Waals surface area contributed by atoms with E-state index in [4.69, 9.17) is 15.9 Å². The van der Waals surface area contributed by atoms with Crippen molar-refractivity contribution in [3.63, 3.8) is 0 Å². The van der Waals surface area contributed by atoms with Crippen molar-refractivity contribution in [3.05, 3.63) is 59.7 Å². The lowest BCUT2D eigenvalue weighted by molar-refractivity contribution is -0.137. The Hall–Kier alpha value is -3.99. The van der Waals surface area contributed by atoms with Crippen molar-refractivity contribution >= 4 is 23.6 Å². The fraction of sp³-hybridized carbons (Fsp3) is 0.414. The van der Waals surface area contributed by atoms with E-state index in [1.807, 2.05) is 26.8 Å². The van der Waals surface area contributed by atoms with Gasteiger partial charge < -0.3 is 20.1 Å². The van der Waals surface area contributed by atoms with Crippen molar-refractivity contribution in [1.29, 1.82) is 0 Å². The third-order valence-corrected chi connectivity index (χ3v) is 5.75. The van der Waals surface area contributed by atoms with Crippen LogP contribution in [-0.4, -0.2) is 41.6 Å². The van der Waals surface area contributed by atoms with Crippen LogP contribution >= 0.6 is 0 Å². The third-order valence-electron chi connectivity index (χ3n) is 5.75. The minimum absolute atomic E-state index is 0.279. The summed E-state index contributed by atoms with van der Waals surface area (Å²) in [5.74, 6) is -0.724. The molecule has 0 saturated heterocycles. The second-order valence-corrected chi connectivity index (χ2v) is 9.88. The lowest BCUT2D eigenvalue weighted by Crippen LogP contribution is -2.53. The molecule has 3 amide bonds. The van der Waals surface area contributed by atoms with Gasteiger partial charge in [-0.3, -0.25) is 14.5 Å². The Balaban J connectivity index is 2.46. The molecule has 2 aromatic rings. The van der Waals surface area contributed by atoms with Gasteiger partial charge in [0.15, 0.2) is 0 Å². The van der Waals surface area contributed by atoms with Gasteiger partial charge in [-0.1, -0.05) is 56.5 Å². The fourth-order valence-electron chi connectivity index (χ4n) is 3.68. The zero-order valence-corrected chi connectivity index (χ0v) is 22.6. The Morgan fingerprint density at radius 2 is 1.76 bits per heavy atom. The minimum atomic E-state index is -1.15. The molecule has 0 spiro atoms. The molecule has 0 radical (unpaired) electrons. The molecule has 3 atom stereocenters. The molecular formula is C29H37N3O5. The molecule has 0 aliphatic heterocycles. The summed E-state index contributed by atoms with van der Waals surface area (Å²) in [7, 11) is 1.55. The second kappa shape index (κ2) is 12.8. The van der Waals surface area contributed by atoms with Crippen molar-refractivity contribution in [2.75, 3.05) is 12.4 Å². The SMILES string of the molecule is C#CN(C(=O)C(NC(=O)OC(C)(C)C)C(C)CC)C(C(=O)Nc1ccc(OC)cc1)c1cccc(C)c1. The molecule has 198 valence electrons. The molecule has 8 heteroatoms. The Labute approximate surface area is 219 Å². The molecule has 0 saturated carbocycles. The molecule has 2 N–H and O–H groups in total. The quantitative estimate of drug-likeness (QED) is 0.366. The molecule has 3 unspecified atom stereocenters. The van der Waals surface area contributed by atoms with Crippen molar-refractivity contribution in [2.24, 2.45) is 5.92 Å². The molecule has 0 fully saturated rings. The molecule has 2 aromatic carbocycles. The summed E-state index contributed by atoms with van der Waals surface area (Å²) in [6.45, 7) is 10.8. The normalized spacial score (nSPS) is 13.4. The Bertz CT molecular complexity index is 1130. The summed E-state index contributed by atoms with van der Waals surface area (Å²) < 4.78 is 10.5. The van der Waals surface area contributed by atoms with Crippen LogP contribution in [0, 0.1) is 25.3 Å². The van der Waals surface area contributed by atoms with E-state index in [9.17, 15) is 14.4 Å². The van der Waals surface area contributed by atoms with Crippen LogP contribution in [0.2, 0.25) is 0 Å². The summed E-state index contributed by atoms with van der Waals surface area (Å²) in [5, 5.41) is 5.50. The summed E-state index contributed by atoms with van der Waals surface area (Å²) in [6, 6.07) is 14.3. The molecule has 0 bridgehead atoms. The number of hydrogen-bond donors (Lipinski definition) is 2. The molecular weight excluding hydrogens is 470 g/mol. The number of alkyl carbamates (subject to hydrolysis) is 1. The van der Waals surface area contributed by atoms with Crippen LogP contribution in [0.5, 0.6) is 5.75 Å². The molecule has 0 heterocycles. The van der Waals surface area contributed by atoms with Crippen molar-refractivity contribution < 1.29 is 23.9 Å². The highest BCUT2D eigenvalue weighted by molar-refractivity contribution is 5.99. The van der Waals surface area contributed by atoms with E-state index in [1.165, 1.54) is 0 Å². The summed E-state index contributed by atoms with van der Waals surface area (Å²) in [5.41, 5.74) is 1.20. The first-order chi connectivity index (χ1) is 17.4. The first kappa shape index (κ1) is 29.2. The minimum Gasteiger partial charge on any atom is -0.497 e. The van der Waals surface area contributed by atoms with Gasteiger partial charge in [-0.2, -0.15) is 0 Å². The standard InChI is InChI=1S/C29H37N3O5/c1-9-20(4)24(31-28(35)37-29(5,6)7)27(34)32(10-2)25(21-13-11-12-19(3)18-21)26(33)30-22-14-16-23(36-8)17-15-22/h2,11-18,20,24-25H,9H2,1,3-8H3,(H,30,33)(H,31,35). The van der Waals surface area contributed by atoms with Crippen molar-refractivity contribution in [1.82, 2.24) is 10.2 Å². The van der Waals surface area contributed by atoms with Gasteiger partial charge in [0.1, 0.15) is 23.4 Å². The zero-order chi connectivity index (χ0) is 27.8. The maximum atomic E-state index is 13.8. The lowest BCUT2D eigenvalue weighted by atomic mass is 9.95. The average molecular weight is 508 g/mol. The number of nitrogens with one attached hydrogen (secondary N) is 2. The number of nitrogens with zero attached hydrogens (tertiary/aromatic N) is 1. The van der Waals surface area contributed by atoms with Gasteiger partial charge in [-0.25, -0.2) is 4.79 Å².